The van der Waals surface area contributed by atoms with Crippen molar-refractivity contribution in [2.45, 2.75) is 0 Å². The normalized spacial score (nSPS) is 11.1. The number of aliphatic imine (C=N–C) groups is 1. The van der Waals surface area contributed by atoms with Gasteiger partial charge < -0.3 is 4.42 Å². The van der Waals surface area contributed by atoms with Crippen LogP contribution in [0, 0.1) is 10.1 Å². The Morgan fingerprint density at radius 1 is 1.62 bits per heavy atom. The van der Waals surface area contributed by atoms with Gasteiger partial charge in [-0.2, -0.15) is 0 Å². The molecule has 2 aromatic rings. The lowest BCUT2D eigenvalue weighted by Crippen LogP contribution is -1.83. The first-order valence-corrected chi connectivity index (χ1v) is 5.66. The fourth-order valence-corrected chi connectivity index (χ4v) is 1.96. The predicted molar refractivity (Wildman–Crippen MR) is 62.4 cm³/mol. The van der Waals surface area contributed by atoms with Gasteiger partial charge in [-0.15, -0.1) is 0 Å². The van der Waals surface area contributed by atoms with Gasteiger partial charge >= 0.3 is 5.88 Å². The summed E-state index contributed by atoms with van der Waals surface area (Å²) in [4.78, 5) is 17.7. The molecular formula is C8H4BrN3O3S. The molecule has 0 saturated carbocycles. The number of aromatic nitrogens is 1. The zero-order valence-electron chi connectivity index (χ0n) is 7.66. The van der Waals surface area contributed by atoms with Gasteiger partial charge in [-0.1, -0.05) is 11.3 Å². The van der Waals surface area contributed by atoms with Crippen molar-refractivity contribution in [2.75, 3.05) is 0 Å². The molecule has 0 N–H and O–H groups in total. The van der Waals surface area contributed by atoms with Crippen LogP contribution in [0.2, 0.25) is 0 Å². The van der Waals surface area contributed by atoms with E-state index in [4.69, 9.17) is 4.42 Å². The van der Waals surface area contributed by atoms with Crippen molar-refractivity contribution in [1.29, 1.82) is 0 Å². The Hall–Kier alpha value is -1.54. The molecular weight excluding hydrogens is 298 g/mol. The highest BCUT2D eigenvalue weighted by Gasteiger charge is 2.10. The summed E-state index contributed by atoms with van der Waals surface area (Å²) in [5, 5.41) is 10.9. The van der Waals surface area contributed by atoms with Crippen LogP contribution in [-0.2, 0) is 0 Å². The molecule has 16 heavy (non-hydrogen) atoms. The molecule has 0 aliphatic carbocycles. The predicted octanol–water partition coefficient (Wildman–Crippen LogP) is 3.16. The quantitative estimate of drug-likeness (QED) is 0.495. The molecule has 0 bridgehead atoms. The van der Waals surface area contributed by atoms with Gasteiger partial charge in [-0.05, 0) is 22.0 Å². The molecule has 0 aliphatic rings. The molecule has 0 fully saturated rings. The van der Waals surface area contributed by atoms with Crippen LogP contribution in [-0.4, -0.2) is 16.1 Å². The maximum absolute atomic E-state index is 10.3. The lowest BCUT2D eigenvalue weighted by molar-refractivity contribution is -0.402. The Morgan fingerprint density at radius 3 is 3.00 bits per heavy atom. The van der Waals surface area contributed by atoms with E-state index in [2.05, 4.69) is 25.9 Å². The lowest BCUT2D eigenvalue weighted by atomic mass is 10.5. The maximum Gasteiger partial charge on any atom is 0.433 e. The van der Waals surface area contributed by atoms with Crippen molar-refractivity contribution >= 4 is 44.5 Å². The Bertz CT molecular complexity index is 548. The van der Waals surface area contributed by atoms with E-state index in [0.29, 0.717) is 10.9 Å². The maximum atomic E-state index is 10.3. The summed E-state index contributed by atoms with van der Waals surface area (Å²) in [6, 6.07) is 2.75. The molecule has 82 valence electrons. The van der Waals surface area contributed by atoms with Gasteiger partial charge in [0.25, 0.3) is 0 Å². The highest BCUT2D eigenvalue weighted by molar-refractivity contribution is 9.11. The first kappa shape index (κ1) is 11.0. The second kappa shape index (κ2) is 4.54. The van der Waals surface area contributed by atoms with Crippen LogP contribution in [0.3, 0.4) is 0 Å². The number of rotatable bonds is 3. The number of thiazole rings is 1. The first-order valence-electron chi connectivity index (χ1n) is 4.05. The minimum Gasteiger partial charge on any atom is -0.400 e. The minimum atomic E-state index is -0.600. The van der Waals surface area contributed by atoms with Crippen LogP contribution in [0.15, 0.2) is 31.5 Å². The molecule has 0 saturated heterocycles. The minimum absolute atomic E-state index is 0.304. The summed E-state index contributed by atoms with van der Waals surface area (Å²) in [6.07, 6.45) is 3.01. The molecule has 0 aliphatic heterocycles. The molecule has 8 heteroatoms. The third kappa shape index (κ3) is 2.52. The van der Waals surface area contributed by atoms with E-state index in [1.807, 2.05) is 0 Å². The van der Waals surface area contributed by atoms with E-state index in [1.54, 1.807) is 6.20 Å². The lowest BCUT2D eigenvalue weighted by Gasteiger charge is -1.83. The largest absolute Gasteiger partial charge is 0.433 e. The molecule has 6 nitrogen and oxygen atoms in total. The first-order chi connectivity index (χ1) is 7.65. The van der Waals surface area contributed by atoms with Gasteiger partial charge in [0.15, 0.2) is 5.76 Å². The van der Waals surface area contributed by atoms with E-state index >= 15 is 0 Å². The van der Waals surface area contributed by atoms with E-state index in [1.165, 1.54) is 29.7 Å². The average molecular weight is 302 g/mol. The summed E-state index contributed by atoms with van der Waals surface area (Å²) in [5.41, 5.74) is 0. The smallest absolute Gasteiger partial charge is 0.400 e. The highest BCUT2D eigenvalue weighted by atomic mass is 79.9. The third-order valence-corrected chi connectivity index (χ3v) is 2.94. The second-order valence-electron chi connectivity index (χ2n) is 2.64. The molecule has 2 heterocycles. The fraction of sp³-hybridized carbons (Fsp3) is 0. The zero-order valence-corrected chi connectivity index (χ0v) is 10.1. The molecule has 0 amide bonds. The SMILES string of the molecule is O=[N+]([O-])c1ccc(/C=N/c2ncc(Br)s2)o1. The van der Waals surface area contributed by atoms with Gasteiger partial charge in [0.1, 0.15) is 4.92 Å². The Kier molecular flexibility index (Phi) is 3.11. The number of furan rings is 1. The standard InChI is InChI=1S/C8H4BrN3O3S/c9-6-4-11-8(16-6)10-3-5-1-2-7(15-5)12(13)14/h1-4H/b10-3+. The van der Waals surface area contributed by atoms with Gasteiger partial charge in [0.05, 0.1) is 22.3 Å². The van der Waals surface area contributed by atoms with Crippen molar-refractivity contribution in [3.8, 4) is 0 Å². The number of nitro groups is 1. The van der Waals surface area contributed by atoms with Gasteiger partial charge in [-0.3, -0.25) is 10.1 Å². The van der Waals surface area contributed by atoms with Gasteiger partial charge in [-0.25, -0.2) is 9.98 Å². The average Bonchev–Trinajstić information content (AvgIpc) is 2.83. The van der Waals surface area contributed by atoms with Crippen molar-refractivity contribution in [3.05, 3.63) is 38.0 Å². The summed E-state index contributed by atoms with van der Waals surface area (Å²) in [6.45, 7) is 0. The van der Waals surface area contributed by atoms with Crippen molar-refractivity contribution < 1.29 is 9.34 Å². The number of halogens is 1. The number of nitrogens with zero attached hydrogens (tertiary/aromatic N) is 3. The van der Waals surface area contributed by atoms with E-state index in [-0.39, 0.29) is 5.88 Å². The molecule has 0 spiro atoms. The molecule has 0 atom stereocenters. The monoisotopic (exact) mass is 301 g/mol. The van der Waals surface area contributed by atoms with Crippen molar-refractivity contribution in [2.24, 2.45) is 4.99 Å². The zero-order chi connectivity index (χ0) is 11.5. The summed E-state index contributed by atoms with van der Waals surface area (Å²) in [5.74, 6) is 0.0137. The topological polar surface area (TPSA) is 81.5 Å². The Balaban J connectivity index is 2.14. The van der Waals surface area contributed by atoms with Crippen LogP contribution in [0.5, 0.6) is 0 Å². The number of hydrogen-bond donors (Lipinski definition) is 0. The Labute approximate surface area is 102 Å². The third-order valence-electron chi connectivity index (χ3n) is 1.56. The molecule has 0 unspecified atom stereocenters. The van der Waals surface area contributed by atoms with Gasteiger partial charge in [0, 0.05) is 0 Å². The molecule has 2 rings (SSSR count). The van der Waals surface area contributed by atoms with E-state index in [0.717, 1.165) is 3.79 Å². The van der Waals surface area contributed by atoms with Gasteiger partial charge in [0.2, 0.25) is 5.13 Å². The second-order valence-corrected chi connectivity index (χ2v) is 5.03. The van der Waals surface area contributed by atoms with Crippen LogP contribution in [0.1, 0.15) is 5.76 Å². The van der Waals surface area contributed by atoms with Crippen LogP contribution in [0.4, 0.5) is 11.0 Å². The number of hydrogen-bond acceptors (Lipinski definition) is 6. The van der Waals surface area contributed by atoms with E-state index < -0.39 is 4.92 Å². The fourth-order valence-electron chi connectivity index (χ4n) is 0.934. The van der Waals surface area contributed by atoms with Crippen molar-refractivity contribution in [3.63, 3.8) is 0 Å². The molecule has 2 aromatic heterocycles. The molecule has 0 aromatic carbocycles. The van der Waals surface area contributed by atoms with Crippen LogP contribution >= 0.6 is 27.3 Å². The summed E-state index contributed by atoms with van der Waals surface area (Å²) < 4.78 is 5.76. The summed E-state index contributed by atoms with van der Waals surface area (Å²) in [7, 11) is 0. The van der Waals surface area contributed by atoms with E-state index in [9.17, 15) is 10.1 Å². The van der Waals surface area contributed by atoms with Crippen molar-refractivity contribution in [1.82, 2.24) is 4.98 Å². The highest BCUT2D eigenvalue weighted by Crippen LogP contribution is 2.25. The van der Waals surface area contributed by atoms with Crippen LogP contribution < -0.4 is 0 Å². The van der Waals surface area contributed by atoms with Crippen LogP contribution in [0.25, 0.3) is 0 Å². The molecule has 0 radical (unpaired) electrons. The summed E-state index contributed by atoms with van der Waals surface area (Å²) >= 11 is 4.60. The Morgan fingerprint density at radius 2 is 2.44 bits per heavy atom.